The Bertz CT molecular complexity index is 1400. The fourth-order valence-electron chi connectivity index (χ4n) is 4.54. The van der Waals surface area contributed by atoms with Gasteiger partial charge in [-0.25, -0.2) is 4.98 Å². The first-order valence-corrected chi connectivity index (χ1v) is 11.9. The number of ether oxygens (including phenoxy) is 1. The number of para-hydroxylation sites is 2. The van der Waals surface area contributed by atoms with Crippen LogP contribution in [-0.2, 0) is 19.6 Å². The minimum Gasteiger partial charge on any atom is -0.495 e. The van der Waals surface area contributed by atoms with E-state index in [4.69, 9.17) is 21.3 Å². The van der Waals surface area contributed by atoms with Gasteiger partial charge in [0.15, 0.2) is 0 Å². The van der Waals surface area contributed by atoms with Gasteiger partial charge < -0.3 is 4.74 Å². The molecule has 0 N–H and O–H groups in total. The number of fused-ring (bicyclic) bond motifs is 1. The molecule has 0 fully saturated rings. The largest absolute Gasteiger partial charge is 0.495 e. The number of rotatable bonds is 6. The summed E-state index contributed by atoms with van der Waals surface area (Å²) in [5.41, 5.74) is 4.37. The highest BCUT2D eigenvalue weighted by molar-refractivity contribution is 6.31. The van der Waals surface area contributed by atoms with Gasteiger partial charge in [0, 0.05) is 23.6 Å². The molecule has 4 aromatic rings. The van der Waals surface area contributed by atoms with E-state index >= 15 is 0 Å². The van der Waals surface area contributed by atoms with Crippen LogP contribution < -0.4 is 15.2 Å². The number of hydrogen-bond acceptors (Lipinski definition) is 5. The van der Waals surface area contributed by atoms with Crippen molar-refractivity contribution in [3.63, 3.8) is 0 Å². The molecule has 0 atom stereocenters. The van der Waals surface area contributed by atoms with Crippen LogP contribution in [0.5, 0.6) is 5.75 Å². The Morgan fingerprint density at radius 1 is 0.943 bits per heavy atom. The van der Waals surface area contributed by atoms with Gasteiger partial charge >= 0.3 is 0 Å². The quantitative estimate of drug-likeness (QED) is 0.366. The Morgan fingerprint density at radius 2 is 1.66 bits per heavy atom. The van der Waals surface area contributed by atoms with Crippen LogP contribution in [0, 0.1) is 6.92 Å². The van der Waals surface area contributed by atoms with Crippen molar-refractivity contribution in [3.8, 4) is 5.75 Å². The van der Waals surface area contributed by atoms with E-state index in [-0.39, 0.29) is 5.56 Å². The third kappa shape index (κ3) is 4.67. The Labute approximate surface area is 210 Å². The molecule has 6 nitrogen and oxygen atoms in total. The second-order valence-electron chi connectivity index (χ2n) is 8.67. The van der Waals surface area contributed by atoms with Crippen molar-refractivity contribution in [2.24, 2.45) is 0 Å². The number of aromatic nitrogens is 2. The fourth-order valence-corrected chi connectivity index (χ4v) is 4.73. The SMILES string of the molecule is COc1ccccc1N1CN(Cc2ccccc2Cl)Cn2c1nc(C)c(Cc1ccccc1)c2=O. The molecule has 3 aromatic carbocycles. The van der Waals surface area contributed by atoms with Crippen LogP contribution in [0.1, 0.15) is 22.4 Å². The average Bonchev–Trinajstić information content (AvgIpc) is 2.88. The number of aryl methyl sites for hydroxylation is 1. The van der Waals surface area contributed by atoms with E-state index in [1.54, 1.807) is 11.7 Å². The minimum atomic E-state index is -0.0277. The molecule has 0 bridgehead atoms. The molecule has 0 radical (unpaired) electrons. The molecule has 1 aromatic heterocycles. The zero-order valence-corrected chi connectivity index (χ0v) is 20.6. The lowest BCUT2D eigenvalue weighted by Gasteiger charge is -2.39. The van der Waals surface area contributed by atoms with Crippen LogP contribution >= 0.6 is 11.6 Å². The summed E-state index contributed by atoms with van der Waals surface area (Å²) in [5, 5.41) is 0.710. The van der Waals surface area contributed by atoms with E-state index in [0.717, 1.165) is 28.3 Å². The lowest BCUT2D eigenvalue weighted by Crippen LogP contribution is -2.47. The summed E-state index contributed by atoms with van der Waals surface area (Å²) >= 11 is 6.47. The number of hydrogen-bond donors (Lipinski definition) is 0. The van der Waals surface area contributed by atoms with Crippen LogP contribution in [-0.4, -0.2) is 28.2 Å². The van der Waals surface area contributed by atoms with Crippen LogP contribution in [0.3, 0.4) is 0 Å². The van der Waals surface area contributed by atoms with Crippen molar-refractivity contribution in [1.82, 2.24) is 14.5 Å². The third-order valence-corrected chi connectivity index (χ3v) is 6.69. The predicted octanol–water partition coefficient (Wildman–Crippen LogP) is 5.37. The molecule has 2 heterocycles. The molecule has 35 heavy (non-hydrogen) atoms. The molecule has 1 aliphatic heterocycles. The fraction of sp³-hybridized carbons (Fsp3) is 0.214. The summed E-state index contributed by atoms with van der Waals surface area (Å²) in [6.45, 7) is 3.46. The van der Waals surface area contributed by atoms with Crippen LogP contribution in [0.4, 0.5) is 11.6 Å². The van der Waals surface area contributed by atoms with Crippen molar-refractivity contribution in [2.75, 3.05) is 18.7 Å². The number of halogens is 1. The van der Waals surface area contributed by atoms with Crippen LogP contribution in [0.15, 0.2) is 83.7 Å². The van der Waals surface area contributed by atoms with E-state index in [1.807, 2.05) is 90.7 Å². The van der Waals surface area contributed by atoms with Gasteiger partial charge in [0.1, 0.15) is 5.75 Å². The van der Waals surface area contributed by atoms with Gasteiger partial charge in [-0.05, 0) is 36.2 Å². The summed E-state index contributed by atoms with van der Waals surface area (Å²) in [7, 11) is 1.65. The standard InChI is InChI=1S/C28H27ClN4O2/c1-20-23(16-21-10-4-3-5-11-21)27(34)33-19-31(17-22-12-6-7-13-24(22)29)18-32(28(33)30-20)25-14-8-9-15-26(25)35-2/h3-15H,16-19H2,1-2H3. The van der Waals surface area contributed by atoms with Gasteiger partial charge in [-0.2, -0.15) is 0 Å². The van der Waals surface area contributed by atoms with Crippen LogP contribution in [0.25, 0.3) is 0 Å². The van der Waals surface area contributed by atoms with Crippen molar-refractivity contribution in [3.05, 3.63) is 117 Å². The third-order valence-electron chi connectivity index (χ3n) is 6.32. The molecule has 7 heteroatoms. The lowest BCUT2D eigenvalue weighted by molar-refractivity contribution is 0.189. The summed E-state index contributed by atoms with van der Waals surface area (Å²) < 4.78 is 7.41. The maximum absolute atomic E-state index is 13.8. The number of nitrogens with zero attached hydrogens (tertiary/aromatic N) is 4. The van der Waals surface area contributed by atoms with Crippen molar-refractivity contribution in [2.45, 2.75) is 26.6 Å². The van der Waals surface area contributed by atoms with E-state index < -0.39 is 0 Å². The molecular formula is C28H27ClN4O2. The van der Waals surface area contributed by atoms with Gasteiger partial charge in [-0.3, -0.25) is 19.2 Å². The lowest BCUT2D eigenvalue weighted by atomic mass is 10.1. The minimum absolute atomic E-state index is 0.0277. The molecule has 0 unspecified atom stereocenters. The maximum atomic E-state index is 13.8. The first-order chi connectivity index (χ1) is 17.0. The second kappa shape index (κ2) is 9.94. The average molecular weight is 487 g/mol. The summed E-state index contributed by atoms with van der Waals surface area (Å²) in [6.07, 6.45) is 0.540. The molecule has 0 aliphatic carbocycles. The number of benzene rings is 3. The Kier molecular flexibility index (Phi) is 6.57. The first-order valence-electron chi connectivity index (χ1n) is 11.6. The zero-order valence-electron chi connectivity index (χ0n) is 19.8. The predicted molar refractivity (Wildman–Crippen MR) is 139 cm³/mol. The second-order valence-corrected chi connectivity index (χ2v) is 9.08. The smallest absolute Gasteiger partial charge is 0.259 e. The Balaban J connectivity index is 1.61. The topological polar surface area (TPSA) is 50.6 Å². The summed E-state index contributed by atoms with van der Waals surface area (Å²) in [4.78, 5) is 23.0. The van der Waals surface area contributed by atoms with Gasteiger partial charge in [0.2, 0.25) is 5.95 Å². The summed E-state index contributed by atoms with van der Waals surface area (Å²) in [5.74, 6) is 1.34. The van der Waals surface area contributed by atoms with Gasteiger partial charge in [-0.15, -0.1) is 0 Å². The highest BCUT2D eigenvalue weighted by Crippen LogP contribution is 2.35. The molecule has 1 aliphatic rings. The van der Waals surface area contributed by atoms with E-state index in [9.17, 15) is 4.79 Å². The van der Waals surface area contributed by atoms with Crippen molar-refractivity contribution < 1.29 is 4.74 Å². The van der Waals surface area contributed by atoms with Crippen molar-refractivity contribution in [1.29, 1.82) is 0 Å². The Morgan fingerprint density at radius 3 is 2.43 bits per heavy atom. The van der Waals surface area contributed by atoms with Crippen molar-refractivity contribution >= 4 is 23.2 Å². The highest BCUT2D eigenvalue weighted by Gasteiger charge is 2.29. The van der Waals surface area contributed by atoms with Gasteiger partial charge in [-0.1, -0.05) is 72.3 Å². The molecule has 0 amide bonds. The van der Waals surface area contributed by atoms with Gasteiger partial charge in [0.25, 0.3) is 5.56 Å². The van der Waals surface area contributed by atoms with E-state index in [0.29, 0.717) is 42.8 Å². The maximum Gasteiger partial charge on any atom is 0.259 e. The van der Waals surface area contributed by atoms with E-state index in [1.165, 1.54) is 0 Å². The first kappa shape index (κ1) is 23.1. The van der Waals surface area contributed by atoms with Crippen LogP contribution in [0.2, 0.25) is 5.02 Å². The molecule has 0 saturated heterocycles. The molecule has 0 saturated carbocycles. The molecule has 178 valence electrons. The monoisotopic (exact) mass is 486 g/mol. The summed E-state index contributed by atoms with van der Waals surface area (Å²) in [6, 6.07) is 25.6. The molecule has 0 spiro atoms. The Hall–Kier alpha value is -3.61. The molecular weight excluding hydrogens is 460 g/mol. The zero-order chi connectivity index (χ0) is 24.4. The van der Waals surface area contributed by atoms with Gasteiger partial charge in [0.05, 0.1) is 31.8 Å². The molecule has 5 rings (SSSR count). The number of methoxy groups -OCH3 is 1. The highest BCUT2D eigenvalue weighted by atomic mass is 35.5. The number of anilines is 2. The normalized spacial score (nSPS) is 13.5. The van der Waals surface area contributed by atoms with E-state index in [2.05, 4.69) is 4.90 Å².